The lowest BCUT2D eigenvalue weighted by atomic mass is 10.1. The Kier molecular flexibility index (Phi) is 6.20. The third-order valence-electron chi connectivity index (χ3n) is 3.65. The summed E-state index contributed by atoms with van der Waals surface area (Å²) in [5, 5.41) is 3.36. The highest BCUT2D eigenvalue weighted by atomic mass is 79.9. The van der Waals surface area contributed by atoms with Crippen molar-refractivity contribution in [3.63, 3.8) is 0 Å². The van der Waals surface area contributed by atoms with Gasteiger partial charge in [-0.3, -0.25) is 4.90 Å². The maximum atomic E-state index is 3.72. The first-order valence-electron chi connectivity index (χ1n) is 6.96. The van der Waals surface area contributed by atoms with Gasteiger partial charge in [-0.05, 0) is 43.0 Å². The molecule has 0 radical (unpaired) electrons. The maximum absolute atomic E-state index is 3.72. The van der Waals surface area contributed by atoms with Gasteiger partial charge < -0.3 is 5.32 Å². The standard InChI is InChI=1S/C15H23BrN2S/c1-3-17-9-12-4-5-13(15(16)8-12)10-18(2)14-6-7-19-11-14/h4-5,8,14,17H,3,6-7,9-11H2,1-2H3. The zero-order valence-electron chi connectivity index (χ0n) is 11.8. The van der Waals surface area contributed by atoms with Gasteiger partial charge in [0, 0.05) is 29.4 Å². The topological polar surface area (TPSA) is 15.3 Å². The van der Waals surface area contributed by atoms with Gasteiger partial charge in [-0.1, -0.05) is 35.0 Å². The van der Waals surface area contributed by atoms with Crippen molar-refractivity contribution < 1.29 is 0 Å². The minimum absolute atomic E-state index is 0.748. The second-order valence-corrected chi connectivity index (χ2v) is 7.14. The Morgan fingerprint density at radius 3 is 2.95 bits per heavy atom. The molecule has 2 nitrogen and oxygen atoms in total. The van der Waals surface area contributed by atoms with E-state index in [0.29, 0.717) is 0 Å². The smallest absolute Gasteiger partial charge is 0.0245 e. The average Bonchev–Trinajstić information content (AvgIpc) is 2.93. The average molecular weight is 343 g/mol. The molecule has 1 N–H and O–H groups in total. The largest absolute Gasteiger partial charge is 0.313 e. The zero-order valence-corrected chi connectivity index (χ0v) is 14.2. The second-order valence-electron chi connectivity index (χ2n) is 5.14. The molecule has 0 spiro atoms. The summed E-state index contributed by atoms with van der Waals surface area (Å²) < 4.78 is 1.24. The Labute approximate surface area is 129 Å². The van der Waals surface area contributed by atoms with E-state index in [1.165, 1.54) is 33.5 Å². The number of rotatable bonds is 6. The summed E-state index contributed by atoms with van der Waals surface area (Å²) in [4.78, 5) is 2.49. The van der Waals surface area contributed by atoms with Crippen molar-refractivity contribution in [1.82, 2.24) is 10.2 Å². The van der Waals surface area contributed by atoms with Crippen molar-refractivity contribution in [2.24, 2.45) is 0 Å². The quantitative estimate of drug-likeness (QED) is 0.851. The summed E-state index contributed by atoms with van der Waals surface area (Å²) in [6.45, 7) is 5.14. The summed E-state index contributed by atoms with van der Waals surface area (Å²) in [5.41, 5.74) is 2.73. The predicted molar refractivity (Wildman–Crippen MR) is 88.7 cm³/mol. The normalized spacial score (nSPS) is 19.3. The number of nitrogens with one attached hydrogen (secondary N) is 1. The van der Waals surface area contributed by atoms with E-state index < -0.39 is 0 Å². The Balaban J connectivity index is 1.96. The first-order chi connectivity index (χ1) is 9.20. The Hall–Kier alpha value is -0.0300. The van der Waals surface area contributed by atoms with Gasteiger partial charge in [-0.2, -0.15) is 11.8 Å². The third kappa shape index (κ3) is 4.48. The lowest BCUT2D eigenvalue weighted by Crippen LogP contribution is -2.31. The van der Waals surface area contributed by atoms with E-state index >= 15 is 0 Å². The van der Waals surface area contributed by atoms with Crippen LogP contribution in [0, 0.1) is 0 Å². The minimum Gasteiger partial charge on any atom is -0.313 e. The van der Waals surface area contributed by atoms with E-state index in [-0.39, 0.29) is 0 Å². The third-order valence-corrected chi connectivity index (χ3v) is 5.53. The minimum atomic E-state index is 0.748. The second kappa shape index (κ2) is 7.67. The first kappa shape index (κ1) is 15.4. The molecule has 4 heteroatoms. The van der Waals surface area contributed by atoms with Crippen LogP contribution in [0.1, 0.15) is 24.5 Å². The summed E-state index contributed by atoms with van der Waals surface area (Å²) in [6.07, 6.45) is 1.33. The van der Waals surface area contributed by atoms with Gasteiger partial charge in [0.15, 0.2) is 0 Å². The molecule has 1 heterocycles. The SMILES string of the molecule is CCNCc1ccc(CN(C)C2CCSC2)c(Br)c1. The highest BCUT2D eigenvalue weighted by Crippen LogP contribution is 2.25. The number of halogens is 1. The number of hydrogen-bond acceptors (Lipinski definition) is 3. The molecular formula is C15H23BrN2S. The molecule has 0 aromatic heterocycles. The fraction of sp³-hybridized carbons (Fsp3) is 0.600. The Morgan fingerprint density at radius 2 is 2.32 bits per heavy atom. The molecule has 0 aliphatic carbocycles. The van der Waals surface area contributed by atoms with Crippen molar-refractivity contribution in [1.29, 1.82) is 0 Å². The van der Waals surface area contributed by atoms with E-state index in [1.54, 1.807) is 0 Å². The van der Waals surface area contributed by atoms with Crippen LogP contribution in [-0.4, -0.2) is 36.0 Å². The van der Waals surface area contributed by atoms with Crippen LogP contribution in [0.5, 0.6) is 0 Å². The molecule has 1 unspecified atom stereocenters. The molecule has 0 bridgehead atoms. The van der Waals surface area contributed by atoms with E-state index in [0.717, 1.165) is 25.7 Å². The summed E-state index contributed by atoms with van der Waals surface area (Å²) in [6, 6.07) is 7.49. The van der Waals surface area contributed by atoms with Gasteiger partial charge in [-0.15, -0.1) is 0 Å². The van der Waals surface area contributed by atoms with Gasteiger partial charge in [0.05, 0.1) is 0 Å². The molecule has 0 amide bonds. The fourth-order valence-corrected chi connectivity index (χ4v) is 4.22. The lowest BCUT2D eigenvalue weighted by Gasteiger charge is -2.24. The molecule has 1 aromatic rings. The van der Waals surface area contributed by atoms with Crippen molar-refractivity contribution in [3.8, 4) is 0 Å². The van der Waals surface area contributed by atoms with Crippen molar-refractivity contribution in [2.45, 2.75) is 32.5 Å². The monoisotopic (exact) mass is 342 g/mol. The molecule has 1 fully saturated rings. The van der Waals surface area contributed by atoms with Crippen LogP contribution in [0.2, 0.25) is 0 Å². The molecule has 1 aliphatic heterocycles. The number of thioether (sulfide) groups is 1. The Morgan fingerprint density at radius 1 is 1.47 bits per heavy atom. The lowest BCUT2D eigenvalue weighted by molar-refractivity contribution is 0.254. The summed E-state index contributed by atoms with van der Waals surface area (Å²) >= 11 is 5.79. The van der Waals surface area contributed by atoms with Gasteiger partial charge in [-0.25, -0.2) is 0 Å². The van der Waals surface area contributed by atoms with Gasteiger partial charge in [0.25, 0.3) is 0 Å². The molecule has 0 saturated carbocycles. The molecule has 1 aliphatic rings. The molecule has 2 rings (SSSR count). The van der Waals surface area contributed by atoms with E-state index in [9.17, 15) is 0 Å². The zero-order chi connectivity index (χ0) is 13.7. The van der Waals surface area contributed by atoms with Crippen molar-refractivity contribution >= 4 is 27.7 Å². The number of benzene rings is 1. The fourth-order valence-electron chi connectivity index (χ4n) is 2.37. The molecule has 1 atom stereocenters. The first-order valence-corrected chi connectivity index (χ1v) is 8.91. The van der Waals surface area contributed by atoms with Crippen molar-refractivity contribution in [2.75, 3.05) is 25.1 Å². The maximum Gasteiger partial charge on any atom is 0.0245 e. The molecule has 19 heavy (non-hydrogen) atoms. The van der Waals surface area contributed by atoms with Crippen LogP contribution in [-0.2, 0) is 13.1 Å². The van der Waals surface area contributed by atoms with Crippen LogP contribution in [0.25, 0.3) is 0 Å². The molecule has 1 aromatic carbocycles. The van der Waals surface area contributed by atoms with Crippen LogP contribution in [0.4, 0.5) is 0 Å². The van der Waals surface area contributed by atoms with E-state index in [1.807, 2.05) is 0 Å². The van der Waals surface area contributed by atoms with Gasteiger partial charge in [0.1, 0.15) is 0 Å². The van der Waals surface area contributed by atoms with E-state index in [4.69, 9.17) is 0 Å². The molecular weight excluding hydrogens is 320 g/mol. The van der Waals surface area contributed by atoms with Crippen LogP contribution >= 0.6 is 27.7 Å². The van der Waals surface area contributed by atoms with Crippen molar-refractivity contribution in [3.05, 3.63) is 33.8 Å². The van der Waals surface area contributed by atoms with Crippen LogP contribution < -0.4 is 5.32 Å². The van der Waals surface area contributed by atoms with Gasteiger partial charge >= 0.3 is 0 Å². The van der Waals surface area contributed by atoms with Gasteiger partial charge in [0.2, 0.25) is 0 Å². The molecule has 106 valence electrons. The summed E-state index contributed by atoms with van der Waals surface area (Å²) in [7, 11) is 2.25. The van der Waals surface area contributed by atoms with E-state index in [2.05, 4.69) is 70.1 Å². The Bertz CT molecular complexity index is 405. The molecule has 1 saturated heterocycles. The highest BCUT2D eigenvalue weighted by molar-refractivity contribution is 9.10. The predicted octanol–water partition coefficient (Wildman–Crippen LogP) is 3.50. The number of nitrogens with zero attached hydrogens (tertiary/aromatic N) is 1. The number of hydrogen-bond donors (Lipinski definition) is 1. The van der Waals surface area contributed by atoms with Crippen LogP contribution in [0.15, 0.2) is 22.7 Å². The van der Waals surface area contributed by atoms with Crippen LogP contribution in [0.3, 0.4) is 0 Å². The highest BCUT2D eigenvalue weighted by Gasteiger charge is 2.20. The summed E-state index contributed by atoms with van der Waals surface area (Å²) in [5.74, 6) is 2.60.